The molecule has 16 heavy (non-hydrogen) atoms. The number of ether oxygens (including phenoxy) is 1. The van der Waals surface area contributed by atoms with Gasteiger partial charge in [0.2, 0.25) is 0 Å². The van der Waals surface area contributed by atoms with Gasteiger partial charge in [0.25, 0.3) is 0 Å². The Hall–Kier alpha value is -1.48. The lowest BCUT2D eigenvalue weighted by molar-refractivity contribution is 0.110. The number of nitrogens with two attached hydrogens (primary N) is 1. The van der Waals surface area contributed by atoms with Crippen LogP contribution in [0.25, 0.3) is 0 Å². The van der Waals surface area contributed by atoms with Crippen molar-refractivity contribution >= 4 is 0 Å². The minimum atomic E-state index is 0.424. The molecule has 90 valence electrons. The van der Waals surface area contributed by atoms with Crippen LogP contribution in [0.5, 0.6) is 0 Å². The van der Waals surface area contributed by atoms with E-state index in [0.29, 0.717) is 12.4 Å². The summed E-state index contributed by atoms with van der Waals surface area (Å²) in [6.07, 6.45) is 6.58. The number of allylic oxidation sites excluding steroid dienone is 4. The van der Waals surface area contributed by atoms with Gasteiger partial charge in [-0.3, -0.25) is 0 Å². The van der Waals surface area contributed by atoms with E-state index in [-0.39, 0.29) is 0 Å². The summed E-state index contributed by atoms with van der Waals surface area (Å²) in [6.45, 7) is 12.0. The van der Waals surface area contributed by atoms with Gasteiger partial charge in [0.05, 0.1) is 11.4 Å². The maximum Gasteiger partial charge on any atom is 0.122 e. The molecule has 0 rings (SSSR count). The Morgan fingerprint density at radius 3 is 2.50 bits per heavy atom. The molecule has 0 aliphatic heterocycles. The van der Waals surface area contributed by atoms with E-state index in [1.54, 1.807) is 13.2 Å². The number of methoxy groups -OCH3 is 1. The van der Waals surface area contributed by atoms with Gasteiger partial charge in [-0.05, 0) is 25.5 Å². The zero-order valence-corrected chi connectivity index (χ0v) is 10.5. The first kappa shape index (κ1) is 14.5. The number of hydrogen-bond acceptors (Lipinski definition) is 3. The Morgan fingerprint density at radius 2 is 2.12 bits per heavy atom. The van der Waals surface area contributed by atoms with Crippen LogP contribution in [-0.2, 0) is 4.74 Å². The fraction of sp³-hybridized carbons (Fsp3) is 0.385. The lowest BCUT2D eigenvalue weighted by Crippen LogP contribution is -2.24. The smallest absolute Gasteiger partial charge is 0.122 e. The first-order valence-corrected chi connectivity index (χ1v) is 5.29. The number of hydrogen-bond donors (Lipinski definition) is 1. The highest BCUT2D eigenvalue weighted by Gasteiger charge is 2.09. The third-order valence-electron chi connectivity index (χ3n) is 2.04. The number of rotatable bonds is 7. The maximum atomic E-state index is 5.90. The highest BCUT2D eigenvalue weighted by atomic mass is 16.5. The van der Waals surface area contributed by atoms with Crippen LogP contribution in [0.4, 0.5) is 0 Å². The van der Waals surface area contributed by atoms with E-state index in [1.165, 1.54) is 0 Å². The molecule has 0 fully saturated rings. The summed E-state index contributed by atoms with van der Waals surface area (Å²) < 4.78 is 5.13. The molecule has 0 radical (unpaired) electrons. The third-order valence-corrected chi connectivity index (χ3v) is 2.04. The summed E-state index contributed by atoms with van der Waals surface area (Å²) in [5.74, 6) is 0. The predicted octanol–water partition coefficient (Wildman–Crippen LogP) is 2.75. The average molecular weight is 222 g/mol. The van der Waals surface area contributed by atoms with E-state index < -0.39 is 0 Å². The van der Waals surface area contributed by atoms with Gasteiger partial charge >= 0.3 is 0 Å². The largest absolute Gasteiger partial charge is 0.397 e. The van der Waals surface area contributed by atoms with Crippen molar-refractivity contribution in [3.63, 3.8) is 0 Å². The van der Waals surface area contributed by atoms with E-state index in [9.17, 15) is 0 Å². The normalized spacial score (nSPS) is 12.4. The van der Waals surface area contributed by atoms with Gasteiger partial charge in [-0.2, -0.15) is 0 Å². The van der Waals surface area contributed by atoms with E-state index >= 15 is 0 Å². The molecule has 0 saturated heterocycles. The van der Waals surface area contributed by atoms with Gasteiger partial charge in [-0.1, -0.05) is 26.2 Å². The fourth-order valence-electron chi connectivity index (χ4n) is 1.19. The molecule has 0 aromatic heterocycles. The number of nitrogens with zero attached hydrogens (tertiary/aromatic N) is 1. The lowest BCUT2D eigenvalue weighted by atomic mass is 10.2. The standard InChI is InChI=1S/C13H22N2O/c1-6-8-9-13(12(14)7-2)15(10-16-5)11(3)4/h7-9H,2-3,6,10,14H2,1,4-5H3/b9-8-,13-12-. The van der Waals surface area contributed by atoms with E-state index in [4.69, 9.17) is 10.5 Å². The lowest BCUT2D eigenvalue weighted by Gasteiger charge is -2.25. The monoisotopic (exact) mass is 222 g/mol. The second-order valence-corrected chi connectivity index (χ2v) is 3.44. The maximum absolute atomic E-state index is 5.90. The Balaban J connectivity index is 5.20. The van der Waals surface area contributed by atoms with Gasteiger partial charge in [-0.15, -0.1) is 0 Å². The summed E-state index contributed by atoms with van der Waals surface area (Å²) in [4.78, 5) is 1.91. The molecule has 0 saturated carbocycles. The Morgan fingerprint density at radius 1 is 1.50 bits per heavy atom. The molecular weight excluding hydrogens is 200 g/mol. The van der Waals surface area contributed by atoms with Crippen LogP contribution in [0.1, 0.15) is 20.3 Å². The molecule has 0 aliphatic rings. The van der Waals surface area contributed by atoms with Crippen molar-refractivity contribution in [1.82, 2.24) is 4.90 Å². The Kier molecular flexibility index (Phi) is 7.05. The molecule has 0 heterocycles. The molecule has 3 heteroatoms. The molecule has 0 amide bonds. The molecule has 0 aromatic rings. The minimum Gasteiger partial charge on any atom is -0.397 e. The van der Waals surface area contributed by atoms with Crippen LogP contribution in [0.3, 0.4) is 0 Å². The predicted molar refractivity (Wildman–Crippen MR) is 69.4 cm³/mol. The van der Waals surface area contributed by atoms with Crippen molar-refractivity contribution in [2.75, 3.05) is 13.8 Å². The zero-order chi connectivity index (χ0) is 12.6. The van der Waals surface area contributed by atoms with Gasteiger partial charge in [0.1, 0.15) is 6.73 Å². The molecule has 0 aliphatic carbocycles. The van der Waals surface area contributed by atoms with Crippen molar-refractivity contribution in [1.29, 1.82) is 0 Å². The van der Waals surface area contributed by atoms with Gasteiger partial charge < -0.3 is 15.4 Å². The Labute approximate surface area is 98.6 Å². The molecule has 0 aromatic carbocycles. The molecule has 0 atom stereocenters. The average Bonchev–Trinajstić information content (AvgIpc) is 2.27. The summed E-state index contributed by atoms with van der Waals surface area (Å²) in [5.41, 5.74) is 8.26. The highest BCUT2D eigenvalue weighted by Crippen LogP contribution is 2.15. The summed E-state index contributed by atoms with van der Waals surface area (Å²) in [5, 5.41) is 0. The Bertz CT molecular complexity index is 303. The second-order valence-electron chi connectivity index (χ2n) is 3.44. The second kappa shape index (κ2) is 7.77. The molecule has 2 N–H and O–H groups in total. The van der Waals surface area contributed by atoms with Crippen molar-refractivity contribution < 1.29 is 4.74 Å². The zero-order valence-electron chi connectivity index (χ0n) is 10.5. The van der Waals surface area contributed by atoms with Crippen molar-refractivity contribution in [2.45, 2.75) is 20.3 Å². The first-order valence-electron chi connectivity index (χ1n) is 5.29. The van der Waals surface area contributed by atoms with Crippen molar-refractivity contribution in [3.05, 3.63) is 48.5 Å². The summed E-state index contributed by atoms with van der Waals surface area (Å²) in [7, 11) is 1.64. The summed E-state index contributed by atoms with van der Waals surface area (Å²) >= 11 is 0. The topological polar surface area (TPSA) is 38.5 Å². The first-order chi connectivity index (χ1) is 7.58. The highest BCUT2D eigenvalue weighted by molar-refractivity contribution is 5.31. The van der Waals surface area contributed by atoms with Crippen LogP contribution >= 0.6 is 0 Å². The molecule has 0 bridgehead atoms. The third kappa shape index (κ3) is 4.36. The van der Waals surface area contributed by atoms with Crippen LogP contribution in [0, 0.1) is 0 Å². The van der Waals surface area contributed by atoms with Crippen LogP contribution in [-0.4, -0.2) is 18.7 Å². The molecule has 0 unspecified atom stereocenters. The van der Waals surface area contributed by atoms with Gasteiger partial charge in [-0.25, -0.2) is 0 Å². The minimum absolute atomic E-state index is 0.424. The molecule has 3 nitrogen and oxygen atoms in total. The van der Waals surface area contributed by atoms with Crippen molar-refractivity contribution in [2.24, 2.45) is 5.73 Å². The van der Waals surface area contributed by atoms with Crippen LogP contribution in [0.2, 0.25) is 0 Å². The molecular formula is C13H22N2O. The SMILES string of the molecule is C=C/C(N)=C(\C=C/CC)N(COC)C(=C)C. The van der Waals surface area contributed by atoms with Gasteiger partial charge in [0, 0.05) is 12.8 Å². The fourth-order valence-corrected chi connectivity index (χ4v) is 1.19. The van der Waals surface area contributed by atoms with Crippen LogP contribution in [0.15, 0.2) is 48.5 Å². The van der Waals surface area contributed by atoms with Crippen molar-refractivity contribution in [3.8, 4) is 0 Å². The quantitative estimate of drug-likeness (QED) is 0.531. The van der Waals surface area contributed by atoms with Crippen LogP contribution < -0.4 is 5.73 Å². The van der Waals surface area contributed by atoms with Gasteiger partial charge in [0.15, 0.2) is 0 Å². The van der Waals surface area contributed by atoms with E-state index in [0.717, 1.165) is 17.8 Å². The van der Waals surface area contributed by atoms with E-state index in [1.807, 2.05) is 24.0 Å². The summed E-state index contributed by atoms with van der Waals surface area (Å²) in [6, 6.07) is 0. The van der Waals surface area contributed by atoms with E-state index in [2.05, 4.69) is 20.1 Å². The molecule has 0 spiro atoms.